The molecular weight excluding hydrogens is 140 g/mol. The van der Waals surface area contributed by atoms with Crippen LogP contribution in [0, 0.1) is 0 Å². The maximum Gasteiger partial charge on any atom is 0.143 e. The molecule has 0 aromatic heterocycles. The van der Waals surface area contributed by atoms with Crippen molar-refractivity contribution in [2.45, 2.75) is 6.92 Å². The molecule has 0 saturated carbocycles. The molecule has 0 unspecified atom stereocenters. The quantitative estimate of drug-likeness (QED) is 0.370. The minimum atomic E-state index is -0.219. The fraction of sp³-hybridized carbons (Fsp3) is 0.333. The predicted molar refractivity (Wildman–Crippen MR) is 46.1 cm³/mol. The molecule has 0 aliphatic rings. The van der Waals surface area contributed by atoms with Gasteiger partial charge in [-0.1, -0.05) is 36.5 Å². The SMILES string of the molecule is C\C=C/C=C\C=C\COCO. The van der Waals surface area contributed by atoms with Gasteiger partial charge in [-0.05, 0) is 6.92 Å². The van der Waals surface area contributed by atoms with E-state index in [1.807, 2.05) is 43.4 Å². The molecule has 0 aliphatic heterocycles. The van der Waals surface area contributed by atoms with E-state index < -0.39 is 0 Å². The second kappa shape index (κ2) is 9.14. The van der Waals surface area contributed by atoms with Crippen LogP contribution >= 0.6 is 0 Å². The van der Waals surface area contributed by atoms with E-state index in [0.717, 1.165) is 0 Å². The Hall–Kier alpha value is -0.860. The number of aliphatic hydroxyl groups is 1. The second-order valence-corrected chi connectivity index (χ2v) is 1.84. The predicted octanol–water partition coefficient (Wildman–Crippen LogP) is 1.64. The van der Waals surface area contributed by atoms with Gasteiger partial charge in [0.2, 0.25) is 0 Å². The first-order chi connectivity index (χ1) is 5.41. The van der Waals surface area contributed by atoms with Crippen LogP contribution < -0.4 is 0 Å². The van der Waals surface area contributed by atoms with Gasteiger partial charge in [-0.3, -0.25) is 0 Å². The largest absolute Gasteiger partial charge is 0.371 e. The van der Waals surface area contributed by atoms with Gasteiger partial charge in [0, 0.05) is 0 Å². The van der Waals surface area contributed by atoms with Crippen LogP contribution in [-0.2, 0) is 4.74 Å². The van der Waals surface area contributed by atoms with Gasteiger partial charge in [0.05, 0.1) is 6.61 Å². The smallest absolute Gasteiger partial charge is 0.143 e. The monoisotopic (exact) mass is 154 g/mol. The zero-order valence-electron chi connectivity index (χ0n) is 6.73. The van der Waals surface area contributed by atoms with E-state index in [0.29, 0.717) is 6.61 Å². The van der Waals surface area contributed by atoms with Crippen molar-refractivity contribution in [3.05, 3.63) is 36.5 Å². The lowest BCUT2D eigenvalue weighted by atomic mass is 10.4. The van der Waals surface area contributed by atoms with Gasteiger partial charge in [0.15, 0.2) is 0 Å². The molecule has 0 amide bonds. The third-order valence-electron chi connectivity index (χ3n) is 0.967. The first kappa shape index (κ1) is 10.1. The summed E-state index contributed by atoms with van der Waals surface area (Å²) in [6.07, 6.45) is 11.4. The van der Waals surface area contributed by atoms with Gasteiger partial charge >= 0.3 is 0 Å². The second-order valence-electron chi connectivity index (χ2n) is 1.84. The summed E-state index contributed by atoms with van der Waals surface area (Å²) in [6.45, 7) is 2.20. The van der Waals surface area contributed by atoms with Crippen molar-refractivity contribution in [3.63, 3.8) is 0 Å². The molecule has 0 fully saturated rings. The summed E-state index contributed by atoms with van der Waals surface area (Å²) in [6, 6.07) is 0. The first-order valence-electron chi connectivity index (χ1n) is 3.55. The highest BCUT2D eigenvalue weighted by Crippen LogP contribution is 1.80. The fourth-order valence-corrected chi connectivity index (χ4v) is 0.494. The summed E-state index contributed by atoms with van der Waals surface area (Å²) in [5.74, 6) is 0. The lowest BCUT2D eigenvalue weighted by molar-refractivity contribution is 0.0132. The van der Waals surface area contributed by atoms with E-state index in [2.05, 4.69) is 4.74 Å². The zero-order chi connectivity index (χ0) is 8.36. The highest BCUT2D eigenvalue weighted by atomic mass is 16.6. The van der Waals surface area contributed by atoms with Gasteiger partial charge < -0.3 is 9.84 Å². The maximum absolute atomic E-state index is 8.22. The van der Waals surface area contributed by atoms with Crippen molar-refractivity contribution in [1.82, 2.24) is 0 Å². The van der Waals surface area contributed by atoms with Crippen molar-refractivity contribution in [2.24, 2.45) is 0 Å². The number of hydrogen-bond acceptors (Lipinski definition) is 2. The van der Waals surface area contributed by atoms with Gasteiger partial charge in [0.25, 0.3) is 0 Å². The summed E-state index contributed by atoms with van der Waals surface area (Å²) in [5.41, 5.74) is 0. The fourth-order valence-electron chi connectivity index (χ4n) is 0.494. The minimum absolute atomic E-state index is 0.219. The molecule has 0 radical (unpaired) electrons. The molecule has 11 heavy (non-hydrogen) atoms. The molecule has 0 bridgehead atoms. The van der Waals surface area contributed by atoms with Crippen molar-refractivity contribution in [1.29, 1.82) is 0 Å². The van der Waals surface area contributed by atoms with Crippen molar-refractivity contribution < 1.29 is 9.84 Å². The molecular formula is C9H14O2. The number of hydrogen-bond donors (Lipinski definition) is 1. The molecule has 0 spiro atoms. The number of ether oxygens (including phenoxy) is 1. The van der Waals surface area contributed by atoms with Gasteiger partial charge in [0.1, 0.15) is 6.79 Å². The van der Waals surface area contributed by atoms with Crippen LogP contribution in [0.4, 0.5) is 0 Å². The Labute approximate surface area is 67.5 Å². The standard InChI is InChI=1S/C9H14O2/c1-2-3-4-5-6-7-8-11-9-10/h2-7,10H,8-9H2,1H3/b3-2-,5-4-,7-6+. The molecule has 62 valence electrons. The van der Waals surface area contributed by atoms with Crippen LogP contribution in [0.25, 0.3) is 0 Å². The Balaban J connectivity index is 3.28. The average Bonchev–Trinajstić information content (AvgIpc) is 2.03. The molecule has 2 heteroatoms. The molecule has 0 aromatic rings. The zero-order valence-corrected chi connectivity index (χ0v) is 6.73. The Bertz CT molecular complexity index is 146. The molecule has 0 aliphatic carbocycles. The molecule has 0 rings (SSSR count). The Kier molecular flexibility index (Phi) is 8.43. The summed E-state index contributed by atoms with van der Waals surface area (Å²) in [5, 5.41) is 8.22. The molecule has 2 nitrogen and oxygen atoms in total. The average molecular weight is 154 g/mol. The third kappa shape index (κ3) is 9.14. The van der Waals surface area contributed by atoms with Crippen LogP contribution in [-0.4, -0.2) is 18.5 Å². The molecule has 0 atom stereocenters. The number of rotatable bonds is 5. The summed E-state index contributed by atoms with van der Waals surface area (Å²) < 4.78 is 4.66. The van der Waals surface area contributed by atoms with Crippen molar-refractivity contribution in [3.8, 4) is 0 Å². The number of allylic oxidation sites excluding steroid dienone is 5. The van der Waals surface area contributed by atoms with Crippen molar-refractivity contribution in [2.75, 3.05) is 13.4 Å². The van der Waals surface area contributed by atoms with Crippen LogP contribution in [0.5, 0.6) is 0 Å². The van der Waals surface area contributed by atoms with Gasteiger partial charge in [-0.2, -0.15) is 0 Å². The van der Waals surface area contributed by atoms with E-state index in [9.17, 15) is 0 Å². The lowest BCUT2D eigenvalue weighted by Gasteiger charge is -1.89. The molecule has 0 aromatic carbocycles. The molecule has 0 saturated heterocycles. The maximum atomic E-state index is 8.22. The molecule has 0 heterocycles. The Morgan fingerprint density at radius 1 is 1.18 bits per heavy atom. The lowest BCUT2D eigenvalue weighted by Crippen LogP contribution is -1.90. The topological polar surface area (TPSA) is 29.5 Å². The molecule has 1 N–H and O–H groups in total. The Morgan fingerprint density at radius 3 is 2.55 bits per heavy atom. The summed E-state index contributed by atoms with van der Waals surface area (Å²) in [4.78, 5) is 0. The van der Waals surface area contributed by atoms with E-state index in [4.69, 9.17) is 5.11 Å². The Morgan fingerprint density at radius 2 is 1.91 bits per heavy atom. The van der Waals surface area contributed by atoms with Crippen molar-refractivity contribution >= 4 is 0 Å². The number of aliphatic hydroxyl groups excluding tert-OH is 1. The highest BCUT2D eigenvalue weighted by Gasteiger charge is 1.72. The van der Waals surface area contributed by atoms with Crippen LogP contribution in [0.3, 0.4) is 0 Å². The van der Waals surface area contributed by atoms with Crippen LogP contribution in [0.15, 0.2) is 36.5 Å². The van der Waals surface area contributed by atoms with Crippen LogP contribution in [0.2, 0.25) is 0 Å². The summed E-state index contributed by atoms with van der Waals surface area (Å²) in [7, 11) is 0. The normalized spacial score (nSPS) is 12.5. The highest BCUT2D eigenvalue weighted by molar-refractivity contribution is 5.10. The third-order valence-corrected chi connectivity index (χ3v) is 0.967. The van der Waals surface area contributed by atoms with E-state index in [1.165, 1.54) is 0 Å². The van der Waals surface area contributed by atoms with Crippen LogP contribution in [0.1, 0.15) is 6.92 Å². The van der Waals surface area contributed by atoms with Gasteiger partial charge in [-0.15, -0.1) is 0 Å². The van der Waals surface area contributed by atoms with Gasteiger partial charge in [-0.25, -0.2) is 0 Å². The van der Waals surface area contributed by atoms with E-state index in [-0.39, 0.29) is 6.79 Å². The first-order valence-corrected chi connectivity index (χ1v) is 3.55. The minimum Gasteiger partial charge on any atom is -0.371 e. The van der Waals surface area contributed by atoms with E-state index in [1.54, 1.807) is 0 Å². The van der Waals surface area contributed by atoms with E-state index >= 15 is 0 Å². The summed E-state index contributed by atoms with van der Waals surface area (Å²) >= 11 is 0.